The van der Waals surface area contributed by atoms with Gasteiger partial charge in [0.05, 0.1) is 19.8 Å². The van der Waals surface area contributed by atoms with Gasteiger partial charge in [0.25, 0.3) is 6.47 Å². The molecule has 0 unspecified atom stereocenters. The van der Waals surface area contributed by atoms with Crippen LogP contribution in [-0.4, -0.2) is 33.3 Å². The van der Waals surface area contributed by atoms with Crippen molar-refractivity contribution in [2.45, 2.75) is 6.92 Å². The smallest absolute Gasteiger partial charge is 0.337 e. The first-order chi connectivity index (χ1) is 9.17. The van der Waals surface area contributed by atoms with Crippen molar-refractivity contribution in [1.29, 1.82) is 0 Å². The number of hydrogen-bond donors (Lipinski definition) is 0. The van der Waals surface area contributed by atoms with Gasteiger partial charge in [0.1, 0.15) is 12.4 Å². The summed E-state index contributed by atoms with van der Waals surface area (Å²) in [4.78, 5) is 21.7. The first-order valence-corrected chi connectivity index (χ1v) is 5.65. The Morgan fingerprint density at radius 1 is 1.32 bits per heavy atom. The van der Waals surface area contributed by atoms with Crippen LogP contribution in [0, 0.1) is 0 Å². The third kappa shape index (κ3) is 3.58. The molecule has 0 radical (unpaired) electrons. The van der Waals surface area contributed by atoms with Crippen molar-refractivity contribution in [3.05, 3.63) is 35.4 Å². The Morgan fingerprint density at radius 3 is 2.58 bits per heavy atom. The van der Waals surface area contributed by atoms with Gasteiger partial charge in [0, 0.05) is 5.56 Å². The maximum atomic E-state index is 11.4. The second-order valence-electron chi connectivity index (χ2n) is 3.63. The molecule has 0 aliphatic heterocycles. The Balaban J connectivity index is 3.14. The fourth-order valence-electron chi connectivity index (χ4n) is 1.64. The minimum atomic E-state index is -0.434. The lowest BCUT2D eigenvalue weighted by Gasteiger charge is -2.12. The molecule has 0 heterocycles. The van der Waals surface area contributed by atoms with E-state index in [0.717, 1.165) is 11.1 Å². The number of rotatable bonds is 6. The zero-order valence-electron chi connectivity index (χ0n) is 11.1. The van der Waals surface area contributed by atoms with Gasteiger partial charge in [-0.2, -0.15) is 0 Å². The summed E-state index contributed by atoms with van der Waals surface area (Å²) in [5, 5.41) is 0. The largest absolute Gasteiger partial charge is 0.496 e. The van der Waals surface area contributed by atoms with Gasteiger partial charge in [0.15, 0.2) is 0 Å². The van der Waals surface area contributed by atoms with E-state index < -0.39 is 5.97 Å². The lowest BCUT2D eigenvalue weighted by molar-refractivity contribution is -0.127. The van der Waals surface area contributed by atoms with Crippen LogP contribution in [0.15, 0.2) is 24.3 Å². The van der Waals surface area contributed by atoms with Gasteiger partial charge in [0.2, 0.25) is 0 Å². The minimum Gasteiger partial charge on any atom is -0.496 e. The number of ether oxygens (including phenoxy) is 3. The Hall–Kier alpha value is -2.30. The predicted octanol–water partition coefficient (Wildman–Crippen LogP) is 2.06. The predicted molar refractivity (Wildman–Crippen MR) is 70.0 cm³/mol. The van der Waals surface area contributed by atoms with Crippen LogP contribution >= 0.6 is 0 Å². The molecule has 5 heteroatoms. The van der Waals surface area contributed by atoms with Gasteiger partial charge in [-0.3, -0.25) is 4.79 Å². The average molecular weight is 264 g/mol. The molecule has 0 saturated carbocycles. The molecular weight excluding hydrogens is 248 g/mol. The first kappa shape index (κ1) is 14.8. The molecule has 0 bridgehead atoms. The number of carbonyl (C=O) groups is 2. The SMILES string of the molecule is C/C=C(/COC=O)c1ccc(C(=O)OC)cc1OC. The molecule has 0 aliphatic carbocycles. The molecule has 0 atom stereocenters. The molecule has 1 aromatic carbocycles. The van der Waals surface area contributed by atoms with Gasteiger partial charge in [-0.15, -0.1) is 0 Å². The Kier molecular flexibility index (Phi) is 5.60. The van der Waals surface area contributed by atoms with Crippen LogP contribution in [0.4, 0.5) is 0 Å². The van der Waals surface area contributed by atoms with Crippen molar-refractivity contribution in [2.24, 2.45) is 0 Å². The first-order valence-electron chi connectivity index (χ1n) is 5.65. The molecule has 0 N–H and O–H groups in total. The van der Waals surface area contributed by atoms with Crippen LogP contribution in [0.3, 0.4) is 0 Å². The van der Waals surface area contributed by atoms with Crippen molar-refractivity contribution in [3.63, 3.8) is 0 Å². The molecule has 0 saturated heterocycles. The molecular formula is C14H16O5. The monoisotopic (exact) mass is 264 g/mol. The molecule has 0 spiro atoms. The maximum absolute atomic E-state index is 11.4. The lowest BCUT2D eigenvalue weighted by atomic mass is 10.0. The highest BCUT2D eigenvalue weighted by molar-refractivity contribution is 5.90. The zero-order valence-corrected chi connectivity index (χ0v) is 11.1. The topological polar surface area (TPSA) is 61.8 Å². The van der Waals surface area contributed by atoms with Gasteiger partial charge in [-0.25, -0.2) is 4.79 Å². The molecule has 0 aliphatic rings. The number of hydrogen-bond acceptors (Lipinski definition) is 5. The number of carbonyl (C=O) groups excluding carboxylic acids is 2. The molecule has 1 aromatic rings. The third-order valence-corrected chi connectivity index (χ3v) is 2.62. The van der Waals surface area contributed by atoms with Crippen molar-refractivity contribution in [3.8, 4) is 5.75 Å². The molecule has 0 amide bonds. The molecule has 5 nitrogen and oxygen atoms in total. The van der Waals surface area contributed by atoms with E-state index in [9.17, 15) is 9.59 Å². The van der Waals surface area contributed by atoms with Crippen molar-refractivity contribution in [2.75, 3.05) is 20.8 Å². The number of allylic oxidation sites excluding steroid dienone is 1. The fourth-order valence-corrected chi connectivity index (χ4v) is 1.64. The van der Waals surface area contributed by atoms with E-state index in [-0.39, 0.29) is 6.61 Å². The van der Waals surface area contributed by atoms with Crippen LogP contribution in [0.25, 0.3) is 5.57 Å². The molecule has 19 heavy (non-hydrogen) atoms. The van der Waals surface area contributed by atoms with E-state index in [1.807, 2.05) is 13.0 Å². The zero-order chi connectivity index (χ0) is 14.3. The fraction of sp³-hybridized carbons (Fsp3) is 0.286. The number of methoxy groups -OCH3 is 2. The van der Waals surface area contributed by atoms with Crippen LogP contribution < -0.4 is 4.74 Å². The molecule has 0 aromatic heterocycles. The highest BCUT2D eigenvalue weighted by Gasteiger charge is 2.13. The van der Waals surface area contributed by atoms with E-state index >= 15 is 0 Å². The lowest BCUT2D eigenvalue weighted by Crippen LogP contribution is -2.04. The van der Waals surface area contributed by atoms with Crippen LogP contribution in [-0.2, 0) is 14.3 Å². The van der Waals surface area contributed by atoms with E-state index in [2.05, 4.69) is 4.74 Å². The minimum absolute atomic E-state index is 0.147. The van der Waals surface area contributed by atoms with Crippen molar-refractivity contribution in [1.82, 2.24) is 0 Å². The molecule has 0 fully saturated rings. The summed E-state index contributed by atoms with van der Waals surface area (Å²) in [5.74, 6) is 0.0847. The standard InChI is InChI=1S/C14H16O5/c1-4-10(8-19-9-15)12-6-5-11(14(16)18-3)7-13(12)17-2/h4-7,9H,8H2,1-3H3/b10-4-. The maximum Gasteiger partial charge on any atom is 0.337 e. The second-order valence-corrected chi connectivity index (χ2v) is 3.63. The van der Waals surface area contributed by atoms with Crippen molar-refractivity contribution < 1.29 is 23.8 Å². The third-order valence-electron chi connectivity index (χ3n) is 2.62. The van der Waals surface area contributed by atoms with Gasteiger partial charge < -0.3 is 14.2 Å². The van der Waals surface area contributed by atoms with Gasteiger partial charge >= 0.3 is 5.97 Å². The Morgan fingerprint density at radius 2 is 2.05 bits per heavy atom. The van der Waals surface area contributed by atoms with E-state index in [1.165, 1.54) is 14.2 Å². The number of esters is 1. The molecule has 1 rings (SSSR count). The van der Waals surface area contributed by atoms with Gasteiger partial charge in [-0.05, 0) is 24.6 Å². The highest BCUT2D eigenvalue weighted by Crippen LogP contribution is 2.27. The van der Waals surface area contributed by atoms with E-state index in [1.54, 1.807) is 18.2 Å². The summed E-state index contributed by atoms with van der Waals surface area (Å²) >= 11 is 0. The van der Waals surface area contributed by atoms with Gasteiger partial charge in [-0.1, -0.05) is 12.1 Å². The summed E-state index contributed by atoms with van der Waals surface area (Å²) in [6, 6.07) is 4.95. The second kappa shape index (κ2) is 7.20. The summed E-state index contributed by atoms with van der Waals surface area (Å²) in [6.07, 6.45) is 1.82. The normalized spacial score (nSPS) is 10.8. The van der Waals surface area contributed by atoms with E-state index in [0.29, 0.717) is 17.8 Å². The summed E-state index contributed by atoms with van der Waals surface area (Å²) < 4.78 is 14.6. The number of benzene rings is 1. The summed E-state index contributed by atoms with van der Waals surface area (Å²) in [5.41, 5.74) is 1.95. The van der Waals surface area contributed by atoms with Crippen molar-refractivity contribution >= 4 is 18.0 Å². The Labute approximate surface area is 111 Å². The quantitative estimate of drug-likeness (QED) is 0.581. The average Bonchev–Trinajstić information content (AvgIpc) is 2.47. The Bertz CT molecular complexity index is 491. The van der Waals surface area contributed by atoms with Crippen LogP contribution in [0.2, 0.25) is 0 Å². The highest BCUT2D eigenvalue weighted by atomic mass is 16.5. The summed E-state index contributed by atoms with van der Waals surface area (Å²) in [7, 11) is 2.83. The van der Waals surface area contributed by atoms with E-state index in [4.69, 9.17) is 9.47 Å². The van der Waals surface area contributed by atoms with Crippen LogP contribution in [0.1, 0.15) is 22.8 Å². The molecule has 102 valence electrons. The summed E-state index contributed by atoms with van der Waals surface area (Å²) in [6.45, 7) is 2.36. The van der Waals surface area contributed by atoms with Crippen LogP contribution in [0.5, 0.6) is 5.75 Å².